The molecule has 0 saturated carbocycles. The minimum absolute atomic E-state index is 0.0453. The molecule has 0 aliphatic carbocycles. The van der Waals surface area contributed by atoms with Crippen LogP contribution in [-0.2, 0) is 32.0 Å². The molecule has 1 aromatic carbocycles. The van der Waals surface area contributed by atoms with Gasteiger partial charge in [-0.15, -0.1) is 0 Å². The van der Waals surface area contributed by atoms with Gasteiger partial charge in [0.15, 0.2) is 0 Å². The molecule has 2 heterocycles. The standard InChI is InChI=1S/C23H29N7O6/c1-12(24)20(32)28-17(6-13-8-26-16-5-3-2-4-15(13)16)21(33)29-18(7-14-9-25-11-27-14)22(34)30-19(10-31)23(35)36/h2-5,8-9,11-12,17-19,26,31H,6-7,10,24H2,1H3,(H,25,27)(H,28,32)(H,29,33)(H,30,34)(H,35,36). The van der Waals surface area contributed by atoms with Crippen molar-refractivity contribution in [1.82, 2.24) is 30.9 Å². The van der Waals surface area contributed by atoms with E-state index in [1.54, 1.807) is 6.20 Å². The van der Waals surface area contributed by atoms with Gasteiger partial charge in [-0.05, 0) is 18.6 Å². The number of rotatable bonds is 12. The van der Waals surface area contributed by atoms with E-state index in [9.17, 15) is 29.4 Å². The Labute approximate surface area is 205 Å². The monoisotopic (exact) mass is 499 g/mol. The van der Waals surface area contributed by atoms with Crippen molar-refractivity contribution in [3.8, 4) is 0 Å². The van der Waals surface area contributed by atoms with E-state index in [1.165, 1.54) is 19.4 Å². The number of carbonyl (C=O) groups is 4. The van der Waals surface area contributed by atoms with Crippen molar-refractivity contribution in [2.75, 3.05) is 6.61 Å². The van der Waals surface area contributed by atoms with Crippen LogP contribution in [0.1, 0.15) is 18.2 Å². The van der Waals surface area contributed by atoms with Crippen molar-refractivity contribution < 1.29 is 29.4 Å². The van der Waals surface area contributed by atoms with Gasteiger partial charge in [0.1, 0.15) is 18.1 Å². The first-order valence-corrected chi connectivity index (χ1v) is 11.2. The lowest BCUT2D eigenvalue weighted by Gasteiger charge is -2.24. The topological polar surface area (TPSA) is 215 Å². The number of imidazole rings is 1. The number of carbonyl (C=O) groups excluding carboxylic acids is 3. The molecule has 192 valence electrons. The summed E-state index contributed by atoms with van der Waals surface area (Å²) in [5.41, 5.74) is 7.79. The minimum atomic E-state index is -1.56. The minimum Gasteiger partial charge on any atom is -0.480 e. The van der Waals surface area contributed by atoms with E-state index in [0.29, 0.717) is 5.69 Å². The normalized spacial score (nSPS) is 14.4. The molecule has 0 bridgehead atoms. The average molecular weight is 500 g/mol. The van der Waals surface area contributed by atoms with Gasteiger partial charge in [0.05, 0.1) is 19.0 Å². The number of carboxylic acids is 1. The molecule has 0 aliphatic heterocycles. The first kappa shape index (κ1) is 26.4. The highest BCUT2D eigenvalue weighted by molar-refractivity contribution is 5.95. The number of aliphatic carboxylic acids is 1. The number of nitrogens with zero attached hydrogens (tertiary/aromatic N) is 1. The number of hydrogen-bond acceptors (Lipinski definition) is 7. The van der Waals surface area contributed by atoms with Crippen molar-refractivity contribution in [2.45, 2.75) is 43.9 Å². The number of aromatic nitrogens is 3. The molecule has 13 nitrogen and oxygen atoms in total. The second-order valence-corrected chi connectivity index (χ2v) is 8.34. The van der Waals surface area contributed by atoms with Crippen LogP contribution in [0.4, 0.5) is 0 Å². The lowest BCUT2D eigenvalue weighted by atomic mass is 10.0. The maximum absolute atomic E-state index is 13.3. The molecule has 13 heteroatoms. The van der Waals surface area contributed by atoms with Crippen molar-refractivity contribution >= 4 is 34.6 Å². The lowest BCUT2D eigenvalue weighted by molar-refractivity contribution is -0.143. The second kappa shape index (κ2) is 12.0. The molecule has 0 spiro atoms. The summed E-state index contributed by atoms with van der Waals surface area (Å²) in [5.74, 6) is -3.50. The molecular formula is C23H29N7O6. The molecule has 3 amide bonds. The number of hydrogen-bond donors (Lipinski definition) is 8. The first-order chi connectivity index (χ1) is 17.2. The van der Waals surface area contributed by atoms with E-state index in [4.69, 9.17) is 5.73 Å². The Kier molecular flexibility index (Phi) is 8.76. The Hall–Kier alpha value is -4.23. The van der Waals surface area contributed by atoms with E-state index in [0.717, 1.165) is 16.5 Å². The van der Waals surface area contributed by atoms with Gasteiger partial charge in [0.2, 0.25) is 17.7 Å². The Morgan fingerprint density at radius 2 is 1.61 bits per heavy atom. The Morgan fingerprint density at radius 3 is 2.22 bits per heavy atom. The average Bonchev–Trinajstić information content (AvgIpc) is 3.51. The number of carboxylic acid groups (broad SMARTS) is 1. The summed E-state index contributed by atoms with van der Waals surface area (Å²) in [6.45, 7) is 0.644. The number of para-hydroxylation sites is 1. The van der Waals surface area contributed by atoms with E-state index < -0.39 is 54.5 Å². The molecule has 0 radical (unpaired) electrons. The molecule has 0 saturated heterocycles. The van der Waals surface area contributed by atoms with Crippen LogP contribution in [0.5, 0.6) is 0 Å². The molecule has 36 heavy (non-hydrogen) atoms. The summed E-state index contributed by atoms with van der Waals surface area (Å²) in [5, 5.41) is 26.7. The number of nitrogens with one attached hydrogen (secondary N) is 5. The molecule has 9 N–H and O–H groups in total. The highest BCUT2D eigenvalue weighted by Crippen LogP contribution is 2.19. The summed E-state index contributed by atoms with van der Waals surface area (Å²) in [6.07, 6.45) is 4.63. The van der Waals surface area contributed by atoms with Gasteiger partial charge in [-0.2, -0.15) is 0 Å². The van der Waals surface area contributed by atoms with Crippen molar-refractivity contribution in [1.29, 1.82) is 0 Å². The van der Waals surface area contributed by atoms with E-state index >= 15 is 0 Å². The predicted octanol–water partition coefficient (Wildman–Crippen LogP) is -1.45. The van der Waals surface area contributed by atoms with Gasteiger partial charge < -0.3 is 41.9 Å². The molecule has 4 unspecified atom stereocenters. The fourth-order valence-corrected chi connectivity index (χ4v) is 3.59. The third-order valence-corrected chi connectivity index (χ3v) is 5.55. The fourth-order valence-electron chi connectivity index (χ4n) is 3.59. The third-order valence-electron chi connectivity index (χ3n) is 5.55. The molecule has 4 atom stereocenters. The number of aliphatic hydroxyl groups excluding tert-OH is 1. The van der Waals surface area contributed by atoms with Crippen LogP contribution >= 0.6 is 0 Å². The van der Waals surface area contributed by atoms with Gasteiger partial charge >= 0.3 is 5.97 Å². The van der Waals surface area contributed by atoms with Crippen molar-refractivity contribution in [3.63, 3.8) is 0 Å². The summed E-state index contributed by atoms with van der Waals surface area (Å²) in [6, 6.07) is 2.70. The smallest absolute Gasteiger partial charge is 0.328 e. The number of aliphatic hydroxyl groups is 1. The van der Waals surface area contributed by atoms with Gasteiger partial charge in [-0.1, -0.05) is 18.2 Å². The zero-order chi connectivity index (χ0) is 26.2. The second-order valence-electron chi connectivity index (χ2n) is 8.34. The highest BCUT2D eigenvalue weighted by Gasteiger charge is 2.30. The van der Waals surface area contributed by atoms with Crippen LogP contribution in [-0.4, -0.2) is 79.6 Å². The number of fused-ring (bicyclic) bond motifs is 1. The Bertz CT molecular complexity index is 1210. The number of benzene rings is 1. The number of aromatic amines is 2. The molecule has 0 fully saturated rings. The third kappa shape index (κ3) is 6.67. The SMILES string of the molecule is CC(N)C(=O)NC(Cc1c[nH]c2ccccc12)C(=O)NC(Cc1cnc[nH]1)C(=O)NC(CO)C(=O)O. The molecule has 2 aromatic heterocycles. The lowest BCUT2D eigenvalue weighted by Crippen LogP contribution is -2.58. The first-order valence-electron chi connectivity index (χ1n) is 11.2. The quantitative estimate of drug-likeness (QED) is 0.147. The molecule has 3 aromatic rings. The van der Waals surface area contributed by atoms with E-state index in [1.807, 2.05) is 24.3 Å². The predicted molar refractivity (Wildman–Crippen MR) is 128 cm³/mol. The maximum atomic E-state index is 13.3. The largest absolute Gasteiger partial charge is 0.480 e. The summed E-state index contributed by atoms with van der Waals surface area (Å²) in [4.78, 5) is 59.7. The van der Waals surface area contributed by atoms with Crippen LogP contribution < -0.4 is 21.7 Å². The van der Waals surface area contributed by atoms with Gasteiger partial charge in [0.25, 0.3) is 0 Å². The highest BCUT2D eigenvalue weighted by atomic mass is 16.4. The van der Waals surface area contributed by atoms with Gasteiger partial charge in [-0.3, -0.25) is 14.4 Å². The van der Waals surface area contributed by atoms with Crippen molar-refractivity contribution in [2.24, 2.45) is 5.73 Å². The van der Waals surface area contributed by atoms with Crippen LogP contribution in [0.2, 0.25) is 0 Å². The van der Waals surface area contributed by atoms with Crippen LogP contribution in [0, 0.1) is 0 Å². The Morgan fingerprint density at radius 1 is 0.972 bits per heavy atom. The molecule has 3 rings (SSSR count). The number of H-pyrrole nitrogens is 2. The summed E-state index contributed by atoms with van der Waals surface area (Å²) < 4.78 is 0. The van der Waals surface area contributed by atoms with Crippen LogP contribution in [0.25, 0.3) is 10.9 Å². The molecular weight excluding hydrogens is 470 g/mol. The summed E-state index contributed by atoms with van der Waals surface area (Å²) >= 11 is 0. The number of nitrogens with two attached hydrogens (primary N) is 1. The van der Waals surface area contributed by atoms with Crippen LogP contribution in [0.15, 0.2) is 43.0 Å². The fraction of sp³-hybridized carbons (Fsp3) is 0.348. The zero-order valence-corrected chi connectivity index (χ0v) is 19.5. The van der Waals surface area contributed by atoms with Crippen LogP contribution in [0.3, 0.4) is 0 Å². The number of amides is 3. The summed E-state index contributed by atoms with van der Waals surface area (Å²) in [7, 11) is 0. The van der Waals surface area contributed by atoms with E-state index in [-0.39, 0.29) is 12.8 Å². The van der Waals surface area contributed by atoms with Gasteiger partial charge in [-0.25, -0.2) is 9.78 Å². The Balaban J connectivity index is 1.84. The zero-order valence-electron chi connectivity index (χ0n) is 19.5. The van der Waals surface area contributed by atoms with E-state index in [2.05, 4.69) is 30.9 Å². The molecule has 0 aliphatic rings. The van der Waals surface area contributed by atoms with Gasteiger partial charge in [0, 0.05) is 41.8 Å². The van der Waals surface area contributed by atoms with Crippen molar-refractivity contribution in [3.05, 3.63) is 54.2 Å². The maximum Gasteiger partial charge on any atom is 0.328 e.